The van der Waals surface area contributed by atoms with E-state index in [-0.39, 0.29) is 0 Å². The van der Waals surface area contributed by atoms with Crippen LogP contribution in [-0.4, -0.2) is 16.8 Å². The maximum Gasteiger partial charge on any atom is 0.198 e. The van der Waals surface area contributed by atoms with Gasteiger partial charge in [0, 0.05) is 17.3 Å². The maximum absolute atomic E-state index is 3.59. The molecule has 0 atom stereocenters. The Morgan fingerprint density at radius 1 is 1.24 bits per heavy atom. The number of nitrogens with one attached hydrogen (secondary N) is 1. The summed E-state index contributed by atoms with van der Waals surface area (Å²) in [7, 11) is 0. The van der Waals surface area contributed by atoms with Gasteiger partial charge in [-0.3, -0.25) is 0 Å². The second kappa shape index (κ2) is 3.22. The molecule has 2 heteroatoms. The van der Waals surface area contributed by atoms with Crippen LogP contribution in [0.2, 0.25) is 0 Å². The Hall–Kier alpha value is -1.57. The molecule has 86 valence electrons. The van der Waals surface area contributed by atoms with Crippen molar-refractivity contribution in [3.05, 3.63) is 35.0 Å². The number of hydrogen-bond acceptors (Lipinski definition) is 0. The van der Waals surface area contributed by atoms with Crippen LogP contribution >= 0.6 is 0 Å². The van der Waals surface area contributed by atoms with Gasteiger partial charge in [-0.15, -0.1) is 0 Å². The third-order valence-electron chi connectivity index (χ3n) is 4.14. The maximum atomic E-state index is 3.59. The van der Waals surface area contributed by atoms with E-state index in [0.29, 0.717) is 0 Å². The smallest absolute Gasteiger partial charge is 0.198 e. The van der Waals surface area contributed by atoms with Gasteiger partial charge in [-0.05, 0) is 37.5 Å². The molecule has 2 nitrogen and oxygen atoms in total. The van der Waals surface area contributed by atoms with Crippen molar-refractivity contribution in [2.24, 2.45) is 0 Å². The number of hydrogen-bond donors (Lipinski definition) is 1. The van der Waals surface area contributed by atoms with Gasteiger partial charge in [-0.25, -0.2) is 4.99 Å². The molecule has 0 amide bonds. The molecule has 0 unspecified atom stereocenters. The molecule has 0 bridgehead atoms. The Morgan fingerprint density at radius 3 is 3.12 bits per heavy atom. The average molecular weight is 225 g/mol. The van der Waals surface area contributed by atoms with E-state index >= 15 is 0 Å². The molecular weight excluding hydrogens is 208 g/mol. The second-order valence-corrected chi connectivity index (χ2v) is 5.26. The summed E-state index contributed by atoms with van der Waals surface area (Å²) in [6.07, 6.45) is 3.76. The lowest BCUT2D eigenvalue weighted by Gasteiger charge is -2.17. The monoisotopic (exact) mass is 225 g/mol. The minimum atomic E-state index is 1.08. The van der Waals surface area contributed by atoms with Crippen molar-refractivity contribution in [3.63, 3.8) is 0 Å². The number of fused-ring (bicyclic) bond motifs is 3. The van der Waals surface area contributed by atoms with E-state index in [1.807, 2.05) is 0 Å². The first-order valence-electron chi connectivity index (χ1n) is 6.56. The van der Waals surface area contributed by atoms with Gasteiger partial charge in [0.25, 0.3) is 0 Å². The quantitative estimate of drug-likeness (QED) is 0.694. The number of benzene rings is 1. The normalized spacial score (nSPS) is 18.1. The molecule has 1 aliphatic heterocycles. The predicted octanol–water partition coefficient (Wildman–Crippen LogP) is 1.17. The van der Waals surface area contributed by atoms with Crippen molar-refractivity contribution >= 4 is 16.6 Å². The molecule has 0 saturated heterocycles. The minimum absolute atomic E-state index is 1.08. The molecule has 17 heavy (non-hydrogen) atoms. The SMILES string of the molecule is Cc1ccc2c(c1)c1c3n2CC[NH+]=C3CCC1. The summed E-state index contributed by atoms with van der Waals surface area (Å²) in [5.41, 5.74) is 7.37. The van der Waals surface area contributed by atoms with Crippen LogP contribution in [-0.2, 0) is 13.0 Å². The van der Waals surface area contributed by atoms with Gasteiger partial charge in [0.05, 0.1) is 6.54 Å². The molecule has 0 spiro atoms. The second-order valence-electron chi connectivity index (χ2n) is 5.26. The van der Waals surface area contributed by atoms with E-state index in [1.165, 1.54) is 47.1 Å². The Balaban J connectivity index is 2.16. The zero-order valence-electron chi connectivity index (χ0n) is 10.2. The third-order valence-corrected chi connectivity index (χ3v) is 4.14. The number of aromatic nitrogens is 1. The van der Waals surface area contributed by atoms with E-state index in [9.17, 15) is 0 Å². The van der Waals surface area contributed by atoms with Gasteiger partial charge in [0.15, 0.2) is 12.3 Å². The lowest BCUT2D eigenvalue weighted by atomic mass is 9.93. The van der Waals surface area contributed by atoms with Crippen LogP contribution in [0, 0.1) is 6.92 Å². The molecule has 1 aliphatic carbocycles. The summed E-state index contributed by atoms with van der Waals surface area (Å²) in [5.74, 6) is 0. The molecule has 1 N–H and O–H groups in total. The molecule has 1 aromatic heterocycles. The van der Waals surface area contributed by atoms with Crippen molar-refractivity contribution in [2.45, 2.75) is 32.7 Å². The Morgan fingerprint density at radius 2 is 2.18 bits per heavy atom. The summed E-state index contributed by atoms with van der Waals surface area (Å²) in [4.78, 5) is 3.59. The highest BCUT2D eigenvalue weighted by atomic mass is 15.1. The van der Waals surface area contributed by atoms with Crippen molar-refractivity contribution < 1.29 is 4.99 Å². The van der Waals surface area contributed by atoms with Gasteiger partial charge in [-0.1, -0.05) is 11.6 Å². The molecular formula is C15H17N2+. The Kier molecular flexibility index (Phi) is 1.79. The Bertz CT molecular complexity index is 646. The van der Waals surface area contributed by atoms with E-state index in [2.05, 4.69) is 34.7 Å². The highest BCUT2D eigenvalue weighted by molar-refractivity contribution is 6.04. The molecule has 0 radical (unpaired) electrons. The van der Waals surface area contributed by atoms with Crippen molar-refractivity contribution in [1.82, 2.24) is 4.57 Å². The van der Waals surface area contributed by atoms with Gasteiger partial charge >= 0.3 is 0 Å². The van der Waals surface area contributed by atoms with Gasteiger partial charge < -0.3 is 4.57 Å². The molecule has 2 aromatic rings. The van der Waals surface area contributed by atoms with Gasteiger partial charge in [-0.2, -0.15) is 0 Å². The van der Waals surface area contributed by atoms with E-state index in [4.69, 9.17) is 0 Å². The number of aryl methyl sites for hydroxylation is 2. The third kappa shape index (κ3) is 1.18. The highest BCUT2D eigenvalue weighted by Gasteiger charge is 2.29. The Labute approximate surface area is 101 Å². The van der Waals surface area contributed by atoms with Gasteiger partial charge in [0.1, 0.15) is 5.69 Å². The molecule has 0 fully saturated rings. The van der Waals surface area contributed by atoms with Crippen LogP contribution in [0.3, 0.4) is 0 Å². The zero-order chi connectivity index (χ0) is 11.4. The first-order valence-corrected chi connectivity index (χ1v) is 6.56. The largest absolute Gasteiger partial charge is 0.329 e. The van der Waals surface area contributed by atoms with Crippen molar-refractivity contribution in [1.29, 1.82) is 0 Å². The molecule has 1 aromatic carbocycles. The average Bonchev–Trinajstić information content (AvgIpc) is 2.67. The summed E-state index contributed by atoms with van der Waals surface area (Å²) in [6, 6.07) is 6.89. The summed E-state index contributed by atoms with van der Waals surface area (Å²) >= 11 is 0. The summed E-state index contributed by atoms with van der Waals surface area (Å²) in [5, 5.41) is 1.49. The lowest BCUT2D eigenvalue weighted by Crippen LogP contribution is -2.76. The number of rotatable bonds is 0. The molecule has 2 heterocycles. The first kappa shape index (κ1) is 9.46. The fraction of sp³-hybridized carbons (Fsp3) is 0.400. The zero-order valence-corrected chi connectivity index (χ0v) is 10.2. The topological polar surface area (TPSA) is 18.9 Å². The van der Waals surface area contributed by atoms with E-state index in [0.717, 1.165) is 13.1 Å². The van der Waals surface area contributed by atoms with Crippen molar-refractivity contribution in [2.75, 3.05) is 6.54 Å². The van der Waals surface area contributed by atoms with Crippen LogP contribution in [0.4, 0.5) is 0 Å². The van der Waals surface area contributed by atoms with Crippen LogP contribution in [0.1, 0.15) is 29.7 Å². The van der Waals surface area contributed by atoms with Crippen molar-refractivity contribution in [3.8, 4) is 0 Å². The number of nitrogens with zero attached hydrogens (tertiary/aromatic N) is 1. The molecule has 0 saturated carbocycles. The molecule has 2 aliphatic rings. The fourth-order valence-electron chi connectivity index (χ4n) is 3.42. The molecule has 4 rings (SSSR count). The first-order chi connectivity index (χ1) is 8.34. The highest BCUT2D eigenvalue weighted by Crippen LogP contribution is 2.32. The van der Waals surface area contributed by atoms with Crippen LogP contribution < -0.4 is 4.99 Å². The van der Waals surface area contributed by atoms with Crippen LogP contribution in [0.5, 0.6) is 0 Å². The van der Waals surface area contributed by atoms with E-state index < -0.39 is 0 Å². The lowest BCUT2D eigenvalue weighted by molar-refractivity contribution is -0.463. The van der Waals surface area contributed by atoms with E-state index in [1.54, 1.807) is 5.56 Å². The predicted molar refractivity (Wildman–Crippen MR) is 69.6 cm³/mol. The standard InChI is InChI=1S/C15H16N2/c1-10-5-6-14-12(9-10)11-3-2-4-13-15(11)17(14)8-7-16-13/h5-6,9H,2-4,7-8H2,1H3/p+1. The fourth-order valence-corrected chi connectivity index (χ4v) is 3.42. The van der Waals surface area contributed by atoms with Crippen LogP contribution in [0.15, 0.2) is 18.2 Å². The van der Waals surface area contributed by atoms with Crippen LogP contribution in [0.25, 0.3) is 10.9 Å². The van der Waals surface area contributed by atoms with Gasteiger partial charge in [0.2, 0.25) is 0 Å². The summed E-state index contributed by atoms with van der Waals surface area (Å²) in [6.45, 7) is 4.38. The minimum Gasteiger partial charge on any atom is -0.329 e. The summed E-state index contributed by atoms with van der Waals surface area (Å²) < 4.78 is 2.52.